The molecule has 1 N–H and O–H groups in total. The molecule has 1 unspecified atom stereocenters. The van der Waals surface area contributed by atoms with Gasteiger partial charge in [-0.05, 0) is 35.6 Å². The van der Waals surface area contributed by atoms with Crippen LogP contribution in [0.1, 0.15) is 37.5 Å². The summed E-state index contributed by atoms with van der Waals surface area (Å²) in [5.74, 6) is -0.672. The molecule has 0 spiro atoms. The summed E-state index contributed by atoms with van der Waals surface area (Å²) in [7, 11) is 0. The van der Waals surface area contributed by atoms with Crippen LogP contribution in [0, 0.1) is 5.92 Å². The fraction of sp³-hybridized carbons (Fsp3) is 0.316. The number of benzene rings is 2. The minimum absolute atomic E-state index is 0.248. The van der Waals surface area contributed by atoms with Gasteiger partial charge in [-0.15, -0.1) is 0 Å². The first-order chi connectivity index (χ1) is 11.0. The van der Waals surface area contributed by atoms with E-state index in [4.69, 9.17) is 4.74 Å². The van der Waals surface area contributed by atoms with Crippen LogP contribution in [0.3, 0.4) is 0 Å². The van der Waals surface area contributed by atoms with Crippen LogP contribution >= 0.6 is 15.9 Å². The van der Waals surface area contributed by atoms with Gasteiger partial charge in [-0.1, -0.05) is 72.2 Å². The Labute approximate surface area is 145 Å². The van der Waals surface area contributed by atoms with Crippen LogP contribution in [0.4, 0.5) is 0 Å². The van der Waals surface area contributed by atoms with Crippen molar-refractivity contribution in [2.24, 2.45) is 5.92 Å². The average molecular weight is 377 g/mol. The molecular formula is C19H21BrO3. The first-order valence-corrected chi connectivity index (χ1v) is 8.45. The van der Waals surface area contributed by atoms with Crippen molar-refractivity contribution >= 4 is 21.9 Å². The quantitative estimate of drug-likeness (QED) is 0.734. The van der Waals surface area contributed by atoms with E-state index in [0.29, 0.717) is 6.42 Å². The number of carbonyl (C=O) groups is 1. The van der Waals surface area contributed by atoms with E-state index in [1.165, 1.54) is 0 Å². The number of rotatable bonds is 7. The molecule has 2 aromatic carbocycles. The minimum Gasteiger partial charge on any atom is -0.479 e. The smallest absolute Gasteiger partial charge is 0.332 e. The zero-order valence-electron chi connectivity index (χ0n) is 13.3. The van der Waals surface area contributed by atoms with Gasteiger partial charge in [-0.2, -0.15) is 0 Å². The Hall–Kier alpha value is -1.65. The summed E-state index contributed by atoms with van der Waals surface area (Å²) in [6.45, 7) is 3.99. The second-order valence-electron chi connectivity index (χ2n) is 5.93. The molecule has 2 atom stereocenters. The third-order valence-electron chi connectivity index (χ3n) is 3.54. The average Bonchev–Trinajstić information content (AvgIpc) is 2.53. The molecule has 0 saturated heterocycles. The highest BCUT2D eigenvalue weighted by molar-refractivity contribution is 9.10. The van der Waals surface area contributed by atoms with Crippen molar-refractivity contribution in [3.8, 4) is 0 Å². The van der Waals surface area contributed by atoms with Crippen molar-refractivity contribution in [1.82, 2.24) is 0 Å². The molecule has 0 aliphatic heterocycles. The molecule has 122 valence electrons. The van der Waals surface area contributed by atoms with Gasteiger partial charge in [0.2, 0.25) is 0 Å². The number of aliphatic carboxylic acids is 1. The van der Waals surface area contributed by atoms with Crippen molar-refractivity contribution < 1.29 is 14.6 Å². The maximum absolute atomic E-state index is 11.6. The van der Waals surface area contributed by atoms with Crippen molar-refractivity contribution in [2.45, 2.75) is 32.5 Å². The second-order valence-corrected chi connectivity index (χ2v) is 6.85. The lowest BCUT2D eigenvalue weighted by Gasteiger charge is -2.24. The van der Waals surface area contributed by atoms with Crippen LogP contribution in [-0.2, 0) is 9.53 Å². The Morgan fingerprint density at radius 3 is 2.13 bits per heavy atom. The zero-order chi connectivity index (χ0) is 16.8. The SMILES string of the molecule is CC(C)C[C@H](OC(c1ccccc1)c1ccc(Br)cc1)C(=O)O. The van der Waals surface area contributed by atoms with Crippen LogP contribution < -0.4 is 0 Å². The number of carboxylic acids is 1. The lowest BCUT2D eigenvalue weighted by Crippen LogP contribution is -2.28. The first-order valence-electron chi connectivity index (χ1n) is 7.66. The van der Waals surface area contributed by atoms with Crippen molar-refractivity contribution in [3.05, 3.63) is 70.2 Å². The third-order valence-corrected chi connectivity index (χ3v) is 4.07. The van der Waals surface area contributed by atoms with E-state index in [1.54, 1.807) is 0 Å². The second kappa shape index (κ2) is 8.27. The minimum atomic E-state index is -0.920. The van der Waals surface area contributed by atoms with Crippen LogP contribution in [0.25, 0.3) is 0 Å². The van der Waals surface area contributed by atoms with Gasteiger partial charge >= 0.3 is 5.97 Å². The van der Waals surface area contributed by atoms with Gasteiger partial charge < -0.3 is 9.84 Å². The van der Waals surface area contributed by atoms with E-state index in [1.807, 2.05) is 68.4 Å². The molecule has 0 aliphatic carbocycles. The number of carboxylic acid groups (broad SMARTS) is 1. The summed E-state index contributed by atoms with van der Waals surface area (Å²) in [4.78, 5) is 11.6. The maximum Gasteiger partial charge on any atom is 0.332 e. The van der Waals surface area contributed by atoms with Crippen LogP contribution in [-0.4, -0.2) is 17.2 Å². The molecule has 0 saturated carbocycles. The summed E-state index contributed by atoms with van der Waals surface area (Å²) in [6.07, 6.45) is -0.747. The summed E-state index contributed by atoms with van der Waals surface area (Å²) in [5.41, 5.74) is 1.89. The molecule has 0 amide bonds. The van der Waals surface area contributed by atoms with E-state index in [0.717, 1.165) is 15.6 Å². The number of hydrogen-bond acceptors (Lipinski definition) is 2. The van der Waals surface area contributed by atoms with Gasteiger partial charge in [0, 0.05) is 4.47 Å². The standard InChI is InChI=1S/C19H21BrO3/c1-13(2)12-17(19(21)22)23-18(14-6-4-3-5-7-14)15-8-10-16(20)11-9-15/h3-11,13,17-18H,12H2,1-2H3,(H,21,22)/t17-,18?/m0/s1. The third kappa shape index (κ3) is 5.19. The van der Waals surface area contributed by atoms with E-state index in [-0.39, 0.29) is 5.92 Å². The first kappa shape index (κ1) is 17.7. The summed E-state index contributed by atoms with van der Waals surface area (Å²) < 4.78 is 7.00. The Balaban J connectivity index is 2.33. The molecule has 2 rings (SSSR count). The van der Waals surface area contributed by atoms with Crippen molar-refractivity contribution in [1.29, 1.82) is 0 Å². The Kier molecular flexibility index (Phi) is 6.37. The summed E-state index contributed by atoms with van der Waals surface area (Å²) in [6, 6.07) is 17.5. The van der Waals surface area contributed by atoms with Crippen molar-refractivity contribution in [2.75, 3.05) is 0 Å². The van der Waals surface area contributed by atoms with Gasteiger partial charge in [-0.3, -0.25) is 0 Å². The normalized spacial score (nSPS) is 13.7. The highest BCUT2D eigenvalue weighted by Crippen LogP contribution is 2.29. The predicted molar refractivity (Wildman–Crippen MR) is 94.4 cm³/mol. The molecule has 23 heavy (non-hydrogen) atoms. The van der Waals surface area contributed by atoms with Gasteiger partial charge in [-0.25, -0.2) is 4.79 Å². The van der Waals surface area contributed by atoms with E-state index < -0.39 is 18.2 Å². The zero-order valence-corrected chi connectivity index (χ0v) is 14.9. The molecule has 2 aromatic rings. The Morgan fingerprint density at radius 1 is 1.04 bits per heavy atom. The van der Waals surface area contributed by atoms with Crippen LogP contribution in [0.15, 0.2) is 59.1 Å². The highest BCUT2D eigenvalue weighted by Gasteiger charge is 2.26. The van der Waals surface area contributed by atoms with E-state index >= 15 is 0 Å². The number of ether oxygens (including phenoxy) is 1. The number of halogens is 1. The lowest BCUT2D eigenvalue weighted by atomic mass is 10.00. The molecule has 0 radical (unpaired) electrons. The fourth-order valence-electron chi connectivity index (χ4n) is 2.42. The molecule has 0 fully saturated rings. The highest BCUT2D eigenvalue weighted by atomic mass is 79.9. The molecule has 0 heterocycles. The summed E-state index contributed by atoms with van der Waals surface area (Å²) in [5, 5.41) is 9.48. The van der Waals surface area contributed by atoms with Gasteiger partial charge in [0.05, 0.1) is 0 Å². The van der Waals surface area contributed by atoms with Gasteiger partial charge in [0.15, 0.2) is 6.10 Å². The topological polar surface area (TPSA) is 46.5 Å². The number of hydrogen-bond donors (Lipinski definition) is 1. The monoisotopic (exact) mass is 376 g/mol. The lowest BCUT2D eigenvalue weighted by molar-refractivity contribution is -0.154. The molecular weight excluding hydrogens is 356 g/mol. The predicted octanol–water partition coefficient (Wildman–Crippen LogP) is 5.05. The van der Waals surface area contributed by atoms with Crippen LogP contribution in [0.5, 0.6) is 0 Å². The fourth-order valence-corrected chi connectivity index (χ4v) is 2.69. The van der Waals surface area contributed by atoms with Crippen LogP contribution in [0.2, 0.25) is 0 Å². The molecule has 4 heteroatoms. The molecule has 0 aromatic heterocycles. The summed E-state index contributed by atoms with van der Waals surface area (Å²) >= 11 is 3.42. The molecule has 3 nitrogen and oxygen atoms in total. The van der Waals surface area contributed by atoms with Gasteiger partial charge in [0.1, 0.15) is 6.10 Å². The molecule has 0 aliphatic rings. The van der Waals surface area contributed by atoms with E-state index in [2.05, 4.69) is 15.9 Å². The van der Waals surface area contributed by atoms with E-state index in [9.17, 15) is 9.90 Å². The van der Waals surface area contributed by atoms with Crippen molar-refractivity contribution in [3.63, 3.8) is 0 Å². The van der Waals surface area contributed by atoms with Gasteiger partial charge in [0.25, 0.3) is 0 Å². The Morgan fingerprint density at radius 2 is 1.61 bits per heavy atom. The Bertz CT molecular complexity index is 623. The maximum atomic E-state index is 11.6. The largest absolute Gasteiger partial charge is 0.479 e. The molecule has 0 bridgehead atoms.